The number of hydrogen-bond acceptors (Lipinski definition) is 3. The molecule has 0 saturated carbocycles. The van der Waals surface area contributed by atoms with Crippen molar-refractivity contribution in [3.8, 4) is 0 Å². The highest BCUT2D eigenvalue weighted by Crippen LogP contribution is 2.04. The van der Waals surface area contributed by atoms with Crippen LogP contribution < -0.4 is 5.32 Å². The fourth-order valence-electron chi connectivity index (χ4n) is 1.86. The van der Waals surface area contributed by atoms with E-state index in [-0.39, 0.29) is 0 Å². The average Bonchev–Trinajstić information content (AvgIpc) is 2.87. The van der Waals surface area contributed by atoms with Crippen LogP contribution in [0.15, 0.2) is 22.8 Å². The van der Waals surface area contributed by atoms with E-state index in [1.807, 2.05) is 12.1 Å². The molecule has 4 heteroatoms. The lowest BCUT2D eigenvalue weighted by atomic mass is 10.0. The second-order valence-corrected chi connectivity index (χ2v) is 5.67. The maximum Gasteiger partial charge on any atom is 0.129 e. The van der Waals surface area contributed by atoms with Gasteiger partial charge in [0, 0.05) is 0 Å². The predicted octanol–water partition coefficient (Wildman–Crippen LogP) is 1.55. The molecule has 3 N–H and O–H groups in total. The molecule has 0 spiro atoms. The monoisotopic (exact) mass is 270 g/mol. The fourth-order valence-corrected chi connectivity index (χ4v) is 1.86. The average molecular weight is 270 g/mol. The van der Waals surface area contributed by atoms with Crippen LogP contribution in [0.5, 0.6) is 0 Å². The molecule has 0 radical (unpaired) electrons. The summed E-state index contributed by atoms with van der Waals surface area (Å²) < 4.78 is 10.6. The molecule has 1 aromatic rings. The molecule has 110 valence electrons. The molecular formula is C15H28NO3+. The first-order chi connectivity index (χ1) is 9.08. The highest BCUT2D eigenvalue weighted by atomic mass is 16.5. The van der Waals surface area contributed by atoms with Crippen molar-refractivity contribution in [1.82, 2.24) is 0 Å². The van der Waals surface area contributed by atoms with Crippen molar-refractivity contribution < 1.29 is 19.6 Å². The Labute approximate surface area is 116 Å². The lowest BCUT2D eigenvalue weighted by Crippen LogP contribution is -2.91. The summed E-state index contributed by atoms with van der Waals surface area (Å²) in [5.74, 6) is 1.54. The Morgan fingerprint density at radius 3 is 2.74 bits per heavy atom. The zero-order valence-electron chi connectivity index (χ0n) is 12.3. The van der Waals surface area contributed by atoms with Crippen LogP contribution in [-0.2, 0) is 11.3 Å². The molecule has 0 bridgehead atoms. The zero-order valence-corrected chi connectivity index (χ0v) is 12.3. The Morgan fingerprint density at radius 2 is 2.11 bits per heavy atom. The first-order valence-corrected chi connectivity index (χ1v) is 7.19. The standard InChI is InChI=1S/C15H27NO3/c1-12(2)6-7-13(3)16-9-14(17)10-18-11-15-5-4-8-19-15/h4-5,8,12-14,16-17H,6-7,9-11H2,1-3H3/p+1/t13-,14+/m1/s1. The maximum absolute atomic E-state index is 9.82. The summed E-state index contributed by atoms with van der Waals surface area (Å²) in [6.45, 7) is 8.16. The van der Waals surface area contributed by atoms with Crippen LogP contribution in [0.2, 0.25) is 0 Å². The van der Waals surface area contributed by atoms with Crippen LogP contribution in [0.3, 0.4) is 0 Å². The van der Waals surface area contributed by atoms with Crippen molar-refractivity contribution in [2.24, 2.45) is 5.92 Å². The molecule has 19 heavy (non-hydrogen) atoms. The first-order valence-electron chi connectivity index (χ1n) is 7.19. The molecule has 0 aliphatic heterocycles. The van der Waals surface area contributed by atoms with E-state index < -0.39 is 6.10 Å². The van der Waals surface area contributed by atoms with E-state index in [2.05, 4.69) is 26.1 Å². The van der Waals surface area contributed by atoms with E-state index in [1.165, 1.54) is 12.8 Å². The Balaban J connectivity index is 2.02. The third-order valence-electron chi connectivity index (χ3n) is 3.14. The van der Waals surface area contributed by atoms with Crippen molar-refractivity contribution in [2.75, 3.05) is 13.2 Å². The SMILES string of the molecule is CC(C)CC[C@@H](C)[NH2+]C[C@H](O)COCc1ccco1. The molecule has 0 saturated heterocycles. The molecule has 0 amide bonds. The molecule has 1 rings (SSSR count). The van der Waals surface area contributed by atoms with Gasteiger partial charge in [-0.1, -0.05) is 13.8 Å². The van der Waals surface area contributed by atoms with Crippen LogP contribution in [0.4, 0.5) is 0 Å². The van der Waals surface area contributed by atoms with E-state index in [0.29, 0.717) is 25.8 Å². The van der Waals surface area contributed by atoms with Gasteiger partial charge in [0.2, 0.25) is 0 Å². The molecule has 0 aliphatic carbocycles. The number of aliphatic hydroxyl groups excluding tert-OH is 1. The van der Waals surface area contributed by atoms with Crippen LogP contribution in [0.1, 0.15) is 39.4 Å². The molecule has 4 nitrogen and oxygen atoms in total. The van der Waals surface area contributed by atoms with Gasteiger partial charge in [-0.25, -0.2) is 0 Å². The van der Waals surface area contributed by atoms with Crippen LogP contribution in [0, 0.1) is 5.92 Å². The summed E-state index contributed by atoms with van der Waals surface area (Å²) in [7, 11) is 0. The minimum absolute atomic E-state index is 0.355. The topological polar surface area (TPSA) is 59.2 Å². The van der Waals surface area contributed by atoms with Crippen molar-refractivity contribution in [1.29, 1.82) is 0 Å². The van der Waals surface area contributed by atoms with E-state index in [9.17, 15) is 5.11 Å². The number of rotatable bonds is 10. The van der Waals surface area contributed by atoms with E-state index >= 15 is 0 Å². The Hall–Kier alpha value is -0.840. The summed E-state index contributed by atoms with van der Waals surface area (Å²) in [6, 6.07) is 4.26. The van der Waals surface area contributed by atoms with Gasteiger partial charge < -0.3 is 19.6 Å². The van der Waals surface area contributed by atoms with Gasteiger partial charge in [-0.3, -0.25) is 0 Å². The Kier molecular flexibility index (Phi) is 7.79. The van der Waals surface area contributed by atoms with Crippen molar-refractivity contribution >= 4 is 0 Å². The van der Waals surface area contributed by atoms with Crippen LogP contribution in [-0.4, -0.2) is 30.4 Å². The quantitative estimate of drug-likeness (QED) is 0.678. The maximum atomic E-state index is 9.82. The van der Waals surface area contributed by atoms with Gasteiger partial charge in [-0.2, -0.15) is 0 Å². The van der Waals surface area contributed by atoms with Gasteiger partial charge in [0.15, 0.2) is 0 Å². The number of furan rings is 1. The van der Waals surface area contributed by atoms with E-state index in [1.54, 1.807) is 6.26 Å². The third-order valence-corrected chi connectivity index (χ3v) is 3.14. The summed E-state index contributed by atoms with van der Waals surface area (Å²) >= 11 is 0. The number of hydrogen-bond donors (Lipinski definition) is 2. The number of aliphatic hydroxyl groups is 1. The lowest BCUT2D eigenvalue weighted by molar-refractivity contribution is -0.692. The Bertz CT molecular complexity index is 311. The van der Waals surface area contributed by atoms with Crippen molar-refractivity contribution in [2.45, 2.75) is 52.4 Å². The third kappa shape index (κ3) is 8.03. The largest absolute Gasteiger partial charge is 0.467 e. The van der Waals surface area contributed by atoms with Gasteiger partial charge >= 0.3 is 0 Å². The van der Waals surface area contributed by atoms with E-state index in [0.717, 1.165) is 11.7 Å². The number of ether oxygens (including phenoxy) is 1. The predicted molar refractivity (Wildman–Crippen MR) is 74.7 cm³/mol. The summed E-state index contributed by atoms with van der Waals surface area (Å²) in [5.41, 5.74) is 0. The lowest BCUT2D eigenvalue weighted by Gasteiger charge is -2.15. The minimum atomic E-state index is -0.420. The highest BCUT2D eigenvalue weighted by Gasteiger charge is 2.11. The second-order valence-electron chi connectivity index (χ2n) is 5.67. The fraction of sp³-hybridized carbons (Fsp3) is 0.733. The second kappa shape index (κ2) is 9.13. The normalized spacial score (nSPS) is 14.8. The molecular weight excluding hydrogens is 242 g/mol. The Morgan fingerprint density at radius 1 is 1.32 bits per heavy atom. The molecule has 0 aromatic carbocycles. The zero-order chi connectivity index (χ0) is 14.1. The van der Waals surface area contributed by atoms with Gasteiger partial charge in [0.05, 0.1) is 18.9 Å². The highest BCUT2D eigenvalue weighted by molar-refractivity contribution is 4.95. The van der Waals surface area contributed by atoms with Gasteiger partial charge in [0.25, 0.3) is 0 Å². The van der Waals surface area contributed by atoms with Crippen LogP contribution >= 0.6 is 0 Å². The molecule has 0 unspecified atom stereocenters. The van der Waals surface area contributed by atoms with Gasteiger partial charge in [-0.05, 0) is 37.8 Å². The number of nitrogens with two attached hydrogens (primary N) is 1. The van der Waals surface area contributed by atoms with Crippen molar-refractivity contribution in [3.05, 3.63) is 24.2 Å². The molecule has 1 heterocycles. The minimum Gasteiger partial charge on any atom is -0.467 e. The summed E-state index contributed by atoms with van der Waals surface area (Å²) in [5, 5.41) is 12.0. The smallest absolute Gasteiger partial charge is 0.129 e. The molecule has 0 fully saturated rings. The number of quaternary nitrogens is 1. The molecule has 1 aromatic heterocycles. The van der Waals surface area contributed by atoms with Crippen molar-refractivity contribution in [3.63, 3.8) is 0 Å². The molecule has 0 aliphatic rings. The summed E-state index contributed by atoms with van der Waals surface area (Å²) in [4.78, 5) is 0. The first kappa shape index (κ1) is 16.2. The van der Waals surface area contributed by atoms with E-state index in [4.69, 9.17) is 9.15 Å². The summed E-state index contributed by atoms with van der Waals surface area (Å²) in [6.07, 6.45) is 3.64. The van der Waals surface area contributed by atoms with Crippen LogP contribution in [0.25, 0.3) is 0 Å². The van der Waals surface area contributed by atoms with Gasteiger partial charge in [-0.15, -0.1) is 0 Å². The molecule has 2 atom stereocenters. The van der Waals surface area contributed by atoms with Gasteiger partial charge in [0.1, 0.15) is 25.0 Å².